The van der Waals surface area contributed by atoms with E-state index in [1.165, 1.54) is 0 Å². The molecule has 0 rings (SSSR count). The zero-order valence-corrected chi connectivity index (χ0v) is 7.76. The summed E-state index contributed by atoms with van der Waals surface area (Å²) in [5.41, 5.74) is 0. The van der Waals surface area contributed by atoms with Gasteiger partial charge in [-0.25, -0.2) is 0 Å². The van der Waals surface area contributed by atoms with Crippen LogP contribution in [-0.4, -0.2) is 19.4 Å². The molecule has 0 aromatic rings. The van der Waals surface area contributed by atoms with E-state index >= 15 is 0 Å². The van der Waals surface area contributed by atoms with Gasteiger partial charge in [0, 0.05) is 12.0 Å². The average Bonchev–Trinajstić information content (AvgIpc) is 2.05. The quantitative estimate of drug-likeness (QED) is 0.593. The van der Waals surface area contributed by atoms with Crippen LogP contribution in [0, 0.1) is 5.92 Å². The van der Waals surface area contributed by atoms with Crippen molar-refractivity contribution in [3.05, 3.63) is 0 Å². The second-order valence-electron chi connectivity index (χ2n) is 2.89. The molecule has 0 amide bonds. The molecule has 0 radical (unpaired) electrons. The van der Waals surface area contributed by atoms with Crippen LogP contribution in [0.5, 0.6) is 0 Å². The first-order chi connectivity index (χ1) is 5.29. The summed E-state index contributed by atoms with van der Waals surface area (Å²) < 4.78 is 0. The third kappa shape index (κ3) is 3.51. The van der Waals surface area contributed by atoms with Crippen LogP contribution in [0.25, 0.3) is 0 Å². The van der Waals surface area contributed by atoms with Crippen LogP contribution in [0.15, 0.2) is 0 Å². The van der Waals surface area contributed by atoms with E-state index in [2.05, 4.69) is 19.2 Å². The van der Waals surface area contributed by atoms with Crippen molar-refractivity contribution < 1.29 is 4.79 Å². The smallest absolute Gasteiger partial charge is 0.124 e. The van der Waals surface area contributed by atoms with Crippen LogP contribution in [0.3, 0.4) is 0 Å². The van der Waals surface area contributed by atoms with Gasteiger partial charge in [0.1, 0.15) is 6.29 Å². The molecule has 11 heavy (non-hydrogen) atoms. The molecule has 0 unspecified atom stereocenters. The largest absolute Gasteiger partial charge is 0.316 e. The van der Waals surface area contributed by atoms with Crippen molar-refractivity contribution in [2.75, 3.05) is 7.05 Å². The molecule has 0 heterocycles. The normalized spacial score (nSPS) is 15.9. The van der Waals surface area contributed by atoms with Crippen LogP contribution >= 0.6 is 0 Å². The van der Waals surface area contributed by atoms with Crippen LogP contribution < -0.4 is 5.32 Å². The maximum atomic E-state index is 10.6. The first kappa shape index (κ1) is 10.6. The Hall–Kier alpha value is -0.370. The van der Waals surface area contributed by atoms with Crippen LogP contribution in [0.2, 0.25) is 0 Å². The molecule has 2 atom stereocenters. The van der Waals surface area contributed by atoms with Crippen LogP contribution in [0.4, 0.5) is 0 Å². The molecule has 0 bridgehead atoms. The van der Waals surface area contributed by atoms with Crippen molar-refractivity contribution in [1.29, 1.82) is 0 Å². The van der Waals surface area contributed by atoms with Gasteiger partial charge >= 0.3 is 0 Å². The van der Waals surface area contributed by atoms with Gasteiger partial charge in [0.25, 0.3) is 0 Å². The van der Waals surface area contributed by atoms with Gasteiger partial charge in [-0.2, -0.15) is 0 Å². The first-order valence-corrected chi connectivity index (χ1v) is 4.42. The Morgan fingerprint density at radius 1 is 1.45 bits per heavy atom. The number of aldehydes is 1. The standard InChI is InChI=1S/C9H19NO/c1-4-6-8(7-11)9(5-2)10-3/h7-10H,4-6H2,1-3H3/t8-,9-/m1/s1. The van der Waals surface area contributed by atoms with Crippen LogP contribution in [0.1, 0.15) is 33.1 Å². The van der Waals surface area contributed by atoms with Gasteiger partial charge in [-0.05, 0) is 19.9 Å². The molecule has 2 heteroatoms. The fourth-order valence-corrected chi connectivity index (χ4v) is 1.42. The fourth-order valence-electron chi connectivity index (χ4n) is 1.42. The fraction of sp³-hybridized carbons (Fsp3) is 0.889. The van der Waals surface area contributed by atoms with E-state index in [1.807, 2.05) is 7.05 Å². The highest BCUT2D eigenvalue weighted by atomic mass is 16.1. The second-order valence-corrected chi connectivity index (χ2v) is 2.89. The van der Waals surface area contributed by atoms with E-state index in [-0.39, 0.29) is 5.92 Å². The summed E-state index contributed by atoms with van der Waals surface area (Å²) >= 11 is 0. The summed E-state index contributed by atoms with van der Waals surface area (Å²) in [7, 11) is 1.92. The maximum Gasteiger partial charge on any atom is 0.124 e. The Bertz CT molecular complexity index is 99.7. The molecule has 1 N–H and O–H groups in total. The Kier molecular flexibility index (Phi) is 6.13. The predicted octanol–water partition coefficient (Wildman–Crippen LogP) is 1.60. The van der Waals surface area contributed by atoms with Crippen molar-refractivity contribution >= 4 is 6.29 Å². The summed E-state index contributed by atoms with van der Waals surface area (Å²) in [4.78, 5) is 10.6. The lowest BCUT2D eigenvalue weighted by Crippen LogP contribution is -2.33. The minimum atomic E-state index is 0.204. The molecule has 0 saturated carbocycles. The van der Waals surface area contributed by atoms with Crippen molar-refractivity contribution in [2.45, 2.75) is 39.2 Å². The topological polar surface area (TPSA) is 29.1 Å². The van der Waals surface area contributed by atoms with E-state index < -0.39 is 0 Å². The molecule has 0 fully saturated rings. The zero-order chi connectivity index (χ0) is 8.69. The van der Waals surface area contributed by atoms with Gasteiger partial charge in [-0.3, -0.25) is 0 Å². The molecule has 0 aliphatic rings. The summed E-state index contributed by atoms with van der Waals surface area (Å²) in [5.74, 6) is 0.204. The van der Waals surface area contributed by atoms with E-state index in [9.17, 15) is 4.79 Å². The molecule has 0 saturated heterocycles. The zero-order valence-electron chi connectivity index (χ0n) is 7.76. The molecular weight excluding hydrogens is 138 g/mol. The van der Waals surface area contributed by atoms with E-state index in [0.29, 0.717) is 6.04 Å². The van der Waals surface area contributed by atoms with Gasteiger partial charge < -0.3 is 10.1 Å². The average molecular weight is 157 g/mol. The molecule has 0 spiro atoms. The van der Waals surface area contributed by atoms with Crippen molar-refractivity contribution in [3.8, 4) is 0 Å². The monoisotopic (exact) mass is 157 g/mol. The third-order valence-electron chi connectivity index (χ3n) is 2.12. The number of rotatable bonds is 6. The highest BCUT2D eigenvalue weighted by Crippen LogP contribution is 2.10. The number of nitrogens with one attached hydrogen (secondary N) is 1. The van der Waals surface area contributed by atoms with Gasteiger partial charge in [0.2, 0.25) is 0 Å². The lowest BCUT2D eigenvalue weighted by molar-refractivity contribution is -0.112. The van der Waals surface area contributed by atoms with Crippen molar-refractivity contribution in [1.82, 2.24) is 5.32 Å². The summed E-state index contributed by atoms with van der Waals surface area (Å²) in [6.07, 6.45) is 4.19. The van der Waals surface area contributed by atoms with Crippen molar-refractivity contribution in [2.24, 2.45) is 5.92 Å². The number of hydrogen-bond donors (Lipinski definition) is 1. The Balaban J connectivity index is 3.86. The molecule has 2 nitrogen and oxygen atoms in total. The highest BCUT2D eigenvalue weighted by Gasteiger charge is 2.15. The Morgan fingerprint density at radius 2 is 2.09 bits per heavy atom. The van der Waals surface area contributed by atoms with Gasteiger partial charge in [0.15, 0.2) is 0 Å². The van der Waals surface area contributed by atoms with Crippen molar-refractivity contribution in [3.63, 3.8) is 0 Å². The number of carbonyl (C=O) groups excluding carboxylic acids is 1. The Labute approximate surface area is 69.4 Å². The maximum absolute atomic E-state index is 10.6. The highest BCUT2D eigenvalue weighted by molar-refractivity contribution is 5.54. The molecule has 0 aromatic carbocycles. The third-order valence-corrected chi connectivity index (χ3v) is 2.12. The Morgan fingerprint density at radius 3 is 2.36 bits per heavy atom. The van der Waals surface area contributed by atoms with E-state index in [0.717, 1.165) is 25.5 Å². The minimum Gasteiger partial charge on any atom is -0.316 e. The van der Waals surface area contributed by atoms with E-state index in [1.54, 1.807) is 0 Å². The SMILES string of the molecule is CCC[C@H](C=O)[C@@H](CC)NC. The minimum absolute atomic E-state index is 0.204. The molecule has 66 valence electrons. The lowest BCUT2D eigenvalue weighted by atomic mass is 9.95. The van der Waals surface area contributed by atoms with Gasteiger partial charge in [-0.15, -0.1) is 0 Å². The molecular formula is C9H19NO. The van der Waals surface area contributed by atoms with E-state index in [4.69, 9.17) is 0 Å². The number of hydrogen-bond acceptors (Lipinski definition) is 2. The summed E-state index contributed by atoms with van der Waals surface area (Å²) in [6, 6.07) is 0.368. The second kappa shape index (κ2) is 6.35. The lowest BCUT2D eigenvalue weighted by Gasteiger charge is -2.19. The first-order valence-electron chi connectivity index (χ1n) is 4.42. The molecule has 0 aliphatic heterocycles. The van der Waals surface area contributed by atoms with Gasteiger partial charge in [-0.1, -0.05) is 20.3 Å². The summed E-state index contributed by atoms with van der Waals surface area (Å²) in [5, 5.41) is 3.16. The molecule has 0 aromatic heterocycles. The number of carbonyl (C=O) groups is 1. The van der Waals surface area contributed by atoms with Gasteiger partial charge in [0.05, 0.1) is 0 Å². The molecule has 0 aliphatic carbocycles. The predicted molar refractivity (Wildman–Crippen MR) is 47.6 cm³/mol. The summed E-state index contributed by atoms with van der Waals surface area (Å²) in [6.45, 7) is 4.21. The van der Waals surface area contributed by atoms with Crippen LogP contribution in [-0.2, 0) is 4.79 Å².